The van der Waals surface area contributed by atoms with Gasteiger partial charge in [-0.1, -0.05) is 17.7 Å². The topological polar surface area (TPSA) is 66.8 Å². The largest absolute Gasteiger partial charge is 0.479 e. The van der Waals surface area contributed by atoms with Crippen molar-refractivity contribution in [3.8, 4) is 5.75 Å². The minimum Gasteiger partial charge on any atom is -0.479 e. The quantitative estimate of drug-likeness (QED) is 0.861. The Hall–Kier alpha value is -1.40. The van der Waals surface area contributed by atoms with Gasteiger partial charge in [-0.25, -0.2) is 4.79 Å². The molecule has 0 amide bonds. The highest BCUT2D eigenvalue weighted by Gasteiger charge is 2.18. The van der Waals surface area contributed by atoms with Crippen LogP contribution < -0.4 is 4.74 Å². The predicted molar refractivity (Wildman–Crippen MR) is 50.7 cm³/mol. The fourth-order valence-electron chi connectivity index (χ4n) is 1.02. The SMILES string of the molecule is O=C(O)C(O)c1ccc(Cl)c(OC(F)F)c1. The van der Waals surface area contributed by atoms with Crippen LogP contribution in [0.2, 0.25) is 5.02 Å². The number of aliphatic carboxylic acids is 1. The van der Waals surface area contributed by atoms with Crippen LogP contribution in [0.5, 0.6) is 5.75 Å². The van der Waals surface area contributed by atoms with Crippen LogP contribution in [0.4, 0.5) is 8.78 Å². The number of benzene rings is 1. The summed E-state index contributed by atoms with van der Waals surface area (Å²) in [6.45, 7) is -3.07. The molecule has 1 unspecified atom stereocenters. The molecule has 0 aliphatic heterocycles. The first-order valence-electron chi connectivity index (χ1n) is 4.07. The Morgan fingerprint density at radius 1 is 1.44 bits per heavy atom. The molecule has 0 saturated carbocycles. The Bertz CT molecular complexity index is 397. The van der Waals surface area contributed by atoms with E-state index in [-0.39, 0.29) is 16.3 Å². The molecule has 7 heteroatoms. The van der Waals surface area contributed by atoms with Crippen molar-refractivity contribution in [1.82, 2.24) is 0 Å². The molecule has 1 aromatic rings. The highest BCUT2D eigenvalue weighted by molar-refractivity contribution is 6.32. The summed E-state index contributed by atoms with van der Waals surface area (Å²) in [5.74, 6) is -1.88. The molecular weight excluding hydrogens is 246 g/mol. The number of carbonyl (C=O) groups is 1. The first kappa shape index (κ1) is 12.7. The summed E-state index contributed by atoms with van der Waals surface area (Å²) in [4.78, 5) is 10.4. The van der Waals surface area contributed by atoms with E-state index in [0.29, 0.717) is 0 Å². The maximum Gasteiger partial charge on any atom is 0.387 e. The average Bonchev–Trinajstić information content (AvgIpc) is 2.19. The highest BCUT2D eigenvalue weighted by atomic mass is 35.5. The van der Waals surface area contributed by atoms with Crippen LogP contribution in [-0.4, -0.2) is 22.8 Å². The molecule has 0 aromatic heterocycles. The Morgan fingerprint density at radius 2 is 2.06 bits per heavy atom. The van der Waals surface area contributed by atoms with Gasteiger partial charge >= 0.3 is 12.6 Å². The summed E-state index contributed by atoms with van der Waals surface area (Å²) in [7, 11) is 0. The van der Waals surface area contributed by atoms with E-state index in [9.17, 15) is 13.6 Å². The Kier molecular flexibility index (Phi) is 4.03. The second-order valence-corrected chi connectivity index (χ2v) is 3.22. The highest BCUT2D eigenvalue weighted by Crippen LogP contribution is 2.29. The number of aliphatic hydroxyl groups excluding tert-OH is 1. The van der Waals surface area contributed by atoms with Crippen molar-refractivity contribution in [2.75, 3.05) is 0 Å². The fraction of sp³-hybridized carbons (Fsp3) is 0.222. The molecule has 16 heavy (non-hydrogen) atoms. The summed E-state index contributed by atoms with van der Waals surface area (Å²) in [6.07, 6.45) is -1.81. The molecule has 0 aliphatic carbocycles. The van der Waals surface area contributed by atoms with Crippen molar-refractivity contribution >= 4 is 17.6 Å². The van der Waals surface area contributed by atoms with Crippen LogP contribution in [-0.2, 0) is 4.79 Å². The van der Waals surface area contributed by atoms with Crippen LogP contribution in [0.25, 0.3) is 0 Å². The summed E-state index contributed by atoms with van der Waals surface area (Å²) < 4.78 is 27.9. The van der Waals surface area contributed by atoms with Crippen molar-refractivity contribution in [2.24, 2.45) is 0 Å². The normalized spacial score (nSPS) is 12.6. The number of alkyl halides is 2. The first-order valence-corrected chi connectivity index (χ1v) is 4.44. The molecule has 1 rings (SSSR count). The molecule has 4 nitrogen and oxygen atoms in total. The average molecular weight is 253 g/mol. The third kappa shape index (κ3) is 3.04. The van der Waals surface area contributed by atoms with Crippen LogP contribution in [0.15, 0.2) is 18.2 Å². The minimum atomic E-state index is -3.07. The van der Waals surface area contributed by atoms with Gasteiger partial charge in [-0.05, 0) is 17.7 Å². The van der Waals surface area contributed by atoms with Crippen molar-refractivity contribution in [3.63, 3.8) is 0 Å². The maximum atomic E-state index is 11.9. The standard InChI is InChI=1S/C9H7ClF2O4/c10-5-2-1-4(7(13)8(14)15)3-6(5)16-9(11)12/h1-3,7,9,13H,(H,14,15). The van der Waals surface area contributed by atoms with Crippen LogP contribution in [0.1, 0.15) is 11.7 Å². The molecule has 88 valence electrons. The lowest BCUT2D eigenvalue weighted by Crippen LogP contribution is -2.11. The van der Waals surface area contributed by atoms with Gasteiger partial charge in [-0.3, -0.25) is 0 Å². The van der Waals surface area contributed by atoms with Crippen molar-refractivity contribution in [3.05, 3.63) is 28.8 Å². The molecule has 0 spiro atoms. The zero-order chi connectivity index (χ0) is 12.3. The fourth-order valence-corrected chi connectivity index (χ4v) is 1.18. The van der Waals surface area contributed by atoms with E-state index in [2.05, 4.69) is 4.74 Å². The van der Waals surface area contributed by atoms with E-state index in [0.717, 1.165) is 6.07 Å². The number of carboxylic acid groups (broad SMARTS) is 1. The maximum absolute atomic E-state index is 11.9. The summed E-state index contributed by atoms with van der Waals surface area (Å²) >= 11 is 5.54. The van der Waals surface area contributed by atoms with Crippen molar-refractivity contribution in [1.29, 1.82) is 0 Å². The Labute approximate surface area is 94.0 Å². The molecule has 0 heterocycles. The molecule has 1 atom stereocenters. The smallest absolute Gasteiger partial charge is 0.387 e. The summed E-state index contributed by atoms with van der Waals surface area (Å²) in [6, 6.07) is 3.33. The Balaban J connectivity index is 3.02. The van der Waals surface area contributed by atoms with Crippen LogP contribution in [0.3, 0.4) is 0 Å². The third-order valence-corrected chi connectivity index (χ3v) is 2.03. The van der Waals surface area contributed by atoms with Crippen LogP contribution >= 0.6 is 11.6 Å². The monoisotopic (exact) mass is 252 g/mol. The van der Waals surface area contributed by atoms with Gasteiger partial charge in [0.05, 0.1) is 5.02 Å². The number of aliphatic hydroxyl groups is 1. The lowest BCUT2D eigenvalue weighted by molar-refractivity contribution is -0.146. The van der Waals surface area contributed by atoms with Gasteiger partial charge in [-0.15, -0.1) is 0 Å². The summed E-state index contributed by atoms with van der Waals surface area (Å²) in [5.41, 5.74) is -0.0902. The van der Waals surface area contributed by atoms with Gasteiger partial charge in [-0.2, -0.15) is 8.78 Å². The zero-order valence-electron chi connectivity index (χ0n) is 7.73. The molecule has 0 radical (unpaired) electrons. The van der Waals surface area contributed by atoms with Gasteiger partial charge in [0.25, 0.3) is 0 Å². The second-order valence-electron chi connectivity index (χ2n) is 2.81. The second kappa shape index (κ2) is 5.09. The number of ether oxygens (including phenoxy) is 1. The number of hydrogen-bond acceptors (Lipinski definition) is 3. The minimum absolute atomic E-state index is 0.0902. The molecule has 2 N–H and O–H groups in total. The molecule has 0 bridgehead atoms. The number of hydrogen-bond donors (Lipinski definition) is 2. The van der Waals surface area contributed by atoms with Gasteiger partial charge in [0.2, 0.25) is 0 Å². The van der Waals surface area contributed by atoms with Gasteiger partial charge in [0.15, 0.2) is 6.10 Å². The van der Waals surface area contributed by atoms with Gasteiger partial charge in [0, 0.05) is 0 Å². The van der Waals surface area contributed by atoms with Crippen molar-refractivity contribution in [2.45, 2.75) is 12.7 Å². The Morgan fingerprint density at radius 3 is 2.56 bits per heavy atom. The molecule has 0 saturated heterocycles. The third-order valence-electron chi connectivity index (χ3n) is 1.72. The molecule has 0 aliphatic rings. The summed E-state index contributed by atoms with van der Waals surface area (Å²) in [5, 5.41) is 17.6. The van der Waals surface area contributed by atoms with Gasteiger partial charge < -0.3 is 14.9 Å². The molecule has 0 fully saturated rings. The first-order chi connectivity index (χ1) is 7.41. The number of rotatable bonds is 4. The molecule has 1 aromatic carbocycles. The van der Waals surface area contributed by atoms with E-state index >= 15 is 0 Å². The van der Waals surface area contributed by atoms with E-state index < -0.39 is 18.7 Å². The zero-order valence-corrected chi connectivity index (χ0v) is 8.49. The van der Waals surface area contributed by atoms with E-state index in [1.165, 1.54) is 12.1 Å². The number of halogens is 3. The van der Waals surface area contributed by atoms with E-state index in [1.54, 1.807) is 0 Å². The van der Waals surface area contributed by atoms with Crippen LogP contribution in [0, 0.1) is 0 Å². The van der Waals surface area contributed by atoms with E-state index in [4.69, 9.17) is 21.8 Å². The van der Waals surface area contributed by atoms with E-state index in [1.807, 2.05) is 0 Å². The lowest BCUT2D eigenvalue weighted by Gasteiger charge is -2.10. The lowest BCUT2D eigenvalue weighted by atomic mass is 10.1. The molecular formula is C9H7ClF2O4. The van der Waals surface area contributed by atoms with Gasteiger partial charge in [0.1, 0.15) is 5.75 Å². The number of carboxylic acids is 1. The van der Waals surface area contributed by atoms with Crippen molar-refractivity contribution < 1.29 is 28.5 Å². The predicted octanol–water partition coefficient (Wildman–Crippen LogP) is 2.06.